The first-order chi connectivity index (χ1) is 9.07. The van der Waals surface area contributed by atoms with Gasteiger partial charge in [0.15, 0.2) is 0 Å². The smallest absolute Gasteiger partial charge is 0.304 e. The first-order valence-corrected chi connectivity index (χ1v) is 7.64. The molecule has 1 aliphatic heterocycles. The summed E-state index contributed by atoms with van der Waals surface area (Å²) in [4.78, 5) is 0. The Morgan fingerprint density at radius 1 is 1.32 bits per heavy atom. The van der Waals surface area contributed by atoms with Gasteiger partial charge in [0, 0.05) is 26.2 Å². The van der Waals surface area contributed by atoms with Gasteiger partial charge in [-0.15, -0.1) is 0 Å². The molecule has 1 N–H and O–H groups in total. The fourth-order valence-corrected chi connectivity index (χ4v) is 3.84. The van der Waals surface area contributed by atoms with Gasteiger partial charge in [-0.25, -0.2) is 4.39 Å². The first kappa shape index (κ1) is 14.2. The second kappa shape index (κ2) is 5.85. The van der Waals surface area contributed by atoms with E-state index in [2.05, 4.69) is 5.32 Å². The molecule has 1 aromatic rings. The standard InChI is InChI=1S/C12H18FN3O2S/c1-14-7-10-15-8-4-9-16(19(15,17)18)12-6-3-2-5-11(12)13/h2-3,5-6,14H,4,7-10H2,1H3. The molecule has 1 aromatic carbocycles. The minimum atomic E-state index is -3.63. The van der Waals surface area contributed by atoms with Crippen LogP contribution in [-0.2, 0) is 10.2 Å². The molecule has 1 fully saturated rings. The van der Waals surface area contributed by atoms with E-state index in [1.165, 1.54) is 16.4 Å². The van der Waals surface area contributed by atoms with E-state index in [1.807, 2.05) is 0 Å². The highest BCUT2D eigenvalue weighted by Gasteiger charge is 2.34. The number of halogens is 1. The summed E-state index contributed by atoms with van der Waals surface area (Å²) in [6.07, 6.45) is 0.692. The van der Waals surface area contributed by atoms with E-state index in [0.717, 1.165) is 4.31 Å². The zero-order valence-corrected chi connectivity index (χ0v) is 11.7. The third-order valence-corrected chi connectivity index (χ3v) is 5.06. The van der Waals surface area contributed by atoms with Crippen molar-refractivity contribution in [1.29, 1.82) is 0 Å². The molecule has 2 rings (SSSR count). The monoisotopic (exact) mass is 287 g/mol. The lowest BCUT2D eigenvalue weighted by Gasteiger charge is -2.35. The van der Waals surface area contributed by atoms with Crippen molar-refractivity contribution in [3.8, 4) is 0 Å². The van der Waals surface area contributed by atoms with Crippen molar-refractivity contribution in [2.45, 2.75) is 6.42 Å². The Balaban J connectivity index is 2.29. The molecule has 7 heteroatoms. The van der Waals surface area contributed by atoms with Crippen LogP contribution >= 0.6 is 0 Å². The fourth-order valence-electron chi connectivity index (χ4n) is 2.12. The lowest BCUT2D eigenvalue weighted by Crippen LogP contribution is -2.51. The van der Waals surface area contributed by atoms with Gasteiger partial charge in [-0.2, -0.15) is 12.7 Å². The Hall–Kier alpha value is -1.18. The Morgan fingerprint density at radius 2 is 2.05 bits per heavy atom. The quantitative estimate of drug-likeness (QED) is 0.891. The summed E-state index contributed by atoms with van der Waals surface area (Å²) in [6, 6.07) is 5.96. The van der Waals surface area contributed by atoms with Gasteiger partial charge in [0.1, 0.15) is 5.82 Å². The molecule has 0 aromatic heterocycles. The van der Waals surface area contributed by atoms with E-state index in [1.54, 1.807) is 19.2 Å². The highest BCUT2D eigenvalue weighted by molar-refractivity contribution is 7.90. The third kappa shape index (κ3) is 2.88. The Labute approximate surface area is 113 Å². The highest BCUT2D eigenvalue weighted by atomic mass is 32.2. The van der Waals surface area contributed by atoms with Crippen LogP contribution in [0.5, 0.6) is 0 Å². The molecular formula is C12H18FN3O2S. The lowest BCUT2D eigenvalue weighted by molar-refractivity contribution is 0.384. The molecule has 1 saturated heterocycles. The Bertz CT molecular complexity index is 536. The number of likely N-dealkylation sites (N-methyl/N-ethyl adjacent to an activating group) is 1. The second-order valence-electron chi connectivity index (χ2n) is 4.39. The summed E-state index contributed by atoms with van der Waals surface area (Å²) in [7, 11) is -1.86. The zero-order chi connectivity index (χ0) is 13.9. The molecule has 19 heavy (non-hydrogen) atoms. The normalized spacial score (nSPS) is 19.6. The van der Waals surface area contributed by atoms with Gasteiger partial charge < -0.3 is 5.32 Å². The SMILES string of the molecule is CNCCN1CCCN(c2ccccc2F)S1(=O)=O. The van der Waals surface area contributed by atoms with Crippen LogP contribution < -0.4 is 9.62 Å². The zero-order valence-electron chi connectivity index (χ0n) is 10.8. The van der Waals surface area contributed by atoms with Gasteiger partial charge in [-0.1, -0.05) is 12.1 Å². The first-order valence-electron chi connectivity index (χ1n) is 6.24. The van der Waals surface area contributed by atoms with E-state index >= 15 is 0 Å². The van der Waals surface area contributed by atoms with Crippen LogP contribution in [0.3, 0.4) is 0 Å². The molecule has 0 saturated carbocycles. The van der Waals surface area contributed by atoms with Gasteiger partial charge in [0.25, 0.3) is 0 Å². The summed E-state index contributed by atoms with van der Waals surface area (Å²) < 4.78 is 41.2. The highest BCUT2D eigenvalue weighted by Crippen LogP contribution is 2.26. The minimum Gasteiger partial charge on any atom is -0.318 e. The van der Waals surface area contributed by atoms with Crippen molar-refractivity contribution < 1.29 is 12.8 Å². The molecule has 0 spiro atoms. The molecule has 5 nitrogen and oxygen atoms in total. The number of hydrogen-bond acceptors (Lipinski definition) is 3. The molecule has 0 radical (unpaired) electrons. The summed E-state index contributed by atoms with van der Waals surface area (Å²) in [5.41, 5.74) is 0.122. The molecule has 0 atom stereocenters. The number of rotatable bonds is 4. The van der Waals surface area contributed by atoms with Gasteiger partial charge in [-0.05, 0) is 25.6 Å². The van der Waals surface area contributed by atoms with Gasteiger partial charge in [0.05, 0.1) is 5.69 Å². The predicted octanol–water partition coefficient (Wildman–Crippen LogP) is 0.802. The van der Waals surface area contributed by atoms with Gasteiger partial charge in [-0.3, -0.25) is 4.31 Å². The van der Waals surface area contributed by atoms with Crippen LogP contribution in [0.15, 0.2) is 24.3 Å². The van der Waals surface area contributed by atoms with Crippen LogP contribution in [0.1, 0.15) is 6.42 Å². The summed E-state index contributed by atoms with van der Waals surface area (Å²) in [5.74, 6) is -0.512. The largest absolute Gasteiger partial charge is 0.318 e. The number of nitrogens with one attached hydrogen (secondary N) is 1. The Kier molecular flexibility index (Phi) is 4.38. The van der Waals surface area contributed by atoms with Crippen molar-refractivity contribution in [2.75, 3.05) is 37.5 Å². The van der Waals surface area contributed by atoms with Crippen molar-refractivity contribution in [1.82, 2.24) is 9.62 Å². The van der Waals surface area contributed by atoms with Crippen LogP contribution in [0.2, 0.25) is 0 Å². The molecule has 0 unspecified atom stereocenters. The van der Waals surface area contributed by atoms with Gasteiger partial charge in [0.2, 0.25) is 0 Å². The summed E-state index contributed by atoms with van der Waals surface area (Å²) in [5, 5.41) is 2.92. The van der Waals surface area contributed by atoms with Crippen LogP contribution in [0.4, 0.5) is 10.1 Å². The molecule has 1 aliphatic rings. The fraction of sp³-hybridized carbons (Fsp3) is 0.500. The molecule has 1 heterocycles. The molecule has 0 bridgehead atoms. The lowest BCUT2D eigenvalue weighted by atomic mass is 10.3. The number of nitrogens with zero attached hydrogens (tertiary/aromatic N) is 2. The summed E-state index contributed by atoms with van der Waals surface area (Å²) in [6.45, 7) is 1.77. The molecule has 106 valence electrons. The van der Waals surface area contributed by atoms with Crippen LogP contribution in [0, 0.1) is 5.82 Å². The second-order valence-corrected chi connectivity index (χ2v) is 6.24. The number of anilines is 1. The minimum absolute atomic E-state index is 0.122. The maximum absolute atomic E-state index is 13.8. The number of para-hydroxylation sites is 1. The number of benzene rings is 1. The van der Waals surface area contributed by atoms with E-state index in [-0.39, 0.29) is 5.69 Å². The van der Waals surface area contributed by atoms with Crippen molar-refractivity contribution in [2.24, 2.45) is 0 Å². The average molecular weight is 287 g/mol. The van der Waals surface area contributed by atoms with Crippen molar-refractivity contribution in [3.05, 3.63) is 30.1 Å². The molecule has 0 aliphatic carbocycles. The Morgan fingerprint density at radius 3 is 2.74 bits per heavy atom. The van der Waals surface area contributed by atoms with E-state index in [9.17, 15) is 12.8 Å². The predicted molar refractivity (Wildman–Crippen MR) is 72.8 cm³/mol. The van der Waals surface area contributed by atoms with Crippen LogP contribution in [0.25, 0.3) is 0 Å². The molecular weight excluding hydrogens is 269 g/mol. The maximum Gasteiger partial charge on any atom is 0.304 e. The van der Waals surface area contributed by atoms with Crippen molar-refractivity contribution in [3.63, 3.8) is 0 Å². The van der Waals surface area contributed by atoms with Crippen molar-refractivity contribution >= 4 is 15.9 Å². The van der Waals surface area contributed by atoms with E-state index in [4.69, 9.17) is 0 Å². The topological polar surface area (TPSA) is 52.6 Å². The molecule has 0 amide bonds. The maximum atomic E-state index is 13.8. The summed E-state index contributed by atoms with van der Waals surface area (Å²) >= 11 is 0. The van der Waals surface area contributed by atoms with E-state index < -0.39 is 16.0 Å². The van der Waals surface area contributed by atoms with Gasteiger partial charge >= 0.3 is 10.2 Å². The average Bonchev–Trinajstić information content (AvgIpc) is 2.38. The third-order valence-electron chi connectivity index (χ3n) is 3.11. The van der Waals surface area contributed by atoms with E-state index in [0.29, 0.717) is 32.6 Å². The van der Waals surface area contributed by atoms with Crippen LogP contribution in [-0.4, -0.2) is 45.9 Å². The number of hydrogen-bond donors (Lipinski definition) is 1.